The molecule has 138 valence electrons. The molecule has 0 aliphatic heterocycles. The molecule has 0 aromatic heterocycles. The minimum absolute atomic E-state index is 0.357. The summed E-state index contributed by atoms with van der Waals surface area (Å²) in [6, 6.07) is 8.16. The number of carbonyl (C=O) groups excluding carboxylic acids is 4. The van der Waals surface area contributed by atoms with Crippen LogP contribution in [0.2, 0.25) is 0 Å². The third kappa shape index (κ3) is 5.68. The fourth-order valence-corrected chi connectivity index (χ4v) is 2.44. The molecule has 9 nitrogen and oxygen atoms in total. The summed E-state index contributed by atoms with van der Waals surface area (Å²) in [7, 11) is 0. The van der Waals surface area contributed by atoms with Gasteiger partial charge in [0, 0.05) is 5.56 Å². The Labute approximate surface area is 154 Å². The van der Waals surface area contributed by atoms with Gasteiger partial charge in [0.1, 0.15) is 0 Å². The molecule has 0 radical (unpaired) electrons. The molecule has 26 heavy (non-hydrogen) atoms. The van der Waals surface area contributed by atoms with Crippen molar-refractivity contribution in [3.8, 4) is 12.3 Å². The van der Waals surface area contributed by atoms with Crippen LogP contribution in [-0.2, 0) is 19.1 Å². The second-order valence-electron chi connectivity index (χ2n) is 4.92. The topological polar surface area (TPSA) is 168 Å². The van der Waals surface area contributed by atoms with Gasteiger partial charge < -0.3 is 15.8 Å². The first-order valence-electron chi connectivity index (χ1n) is 7.22. The Bertz CT molecular complexity index is 734. The van der Waals surface area contributed by atoms with Crippen LogP contribution in [0.1, 0.15) is 10.4 Å². The van der Waals surface area contributed by atoms with Crippen LogP contribution in [0.4, 0.5) is 0 Å². The monoisotopic (exact) mass is 378 g/mol. The van der Waals surface area contributed by atoms with E-state index in [-0.39, 0.29) is 0 Å². The molecule has 1 amide bonds. The summed E-state index contributed by atoms with van der Waals surface area (Å²) in [5, 5.41) is 1.56. The van der Waals surface area contributed by atoms with E-state index in [1.807, 2.05) is 11.2 Å². The Morgan fingerprint density at radius 1 is 1.27 bits per heavy atom. The predicted molar refractivity (Wildman–Crippen MR) is 95.3 cm³/mol. The van der Waals surface area contributed by atoms with Crippen LogP contribution in [0.15, 0.2) is 30.3 Å². The van der Waals surface area contributed by atoms with Gasteiger partial charge in [0.15, 0.2) is 5.78 Å². The average molecular weight is 378 g/mol. The zero-order valence-electron chi connectivity index (χ0n) is 13.6. The van der Waals surface area contributed by atoms with Crippen molar-refractivity contribution < 1.29 is 23.9 Å². The number of nitrogens with two attached hydrogens (primary N) is 3. The summed E-state index contributed by atoms with van der Waals surface area (Å²) in [6.07, 6.45) is 3.53. The van der Waals surface area contributed by atoms with Crippen LogP contribution in [-0.4, -0.2) is 47.0 Å². The summed E-state index contributed by atoms with van der Waals surface area (Å²) in [5.41, 5.74) is 14.0. The number of hydrogen-bond donors (Lipinski definition) is 4. The lowest BCUT2D eigenvalue weighted by atomic mass is 10.1. The van der Waals surface area contributed by atoms with Crippen molar-refractivity contribution in [2.24, 2.45) is 17.2 Å². The second kappa shape index (κ2) is 9.69. The SMILES string of the molecule is C#CC(N)OC(=O)C(N)(NC(=O)CN)C(=O)CSC(=O)c1ccccc1. The Balaban J connectivity index is 2.90. The normalized spacial score (nSPS) is 13.6. The molecule has 0 heterocycles. The Morgan fingerprint density at radius 3 is 2.42 bits per heavy atom. The fraction of sp³-hybridized carbons (Fsp3) is 0.250. The number of rotatable bonds is 8. The summed E-state index contributed by atoms with van der Waals surface area (Å²) in [5.74, 6) is -1.81. The third-order valence-electron chi connectivity index (χ3n) is 3.03. The van der Waals surface area contributed by atoms with Gasteiger partial charge in [-0.25, -0.2) is 4.79 Å². The number of hydrogen-bond acceptors (Lipinski definition) is 9. The van der Waals surface area contributed by atoms with E-state index < -0.39 is 47.0 Å². The van der Waals surface area contributed by atoms with Gasteiger partial charge in [0.05, 0.1) is 12.3 Å². The van der Waals surface area contributed by atoms with Crippen molar-refractivity contribution in [2.75, 3.05) is 12.3 Å². The number of carbonyl (C=O) groups is 4. The molecule has 10 heteroatoms. The van der Waals surface area contributed by atoms with Gasteiger partial charge >= 0.3 is 5.97 Å². The van der Waals surface area contributed by atoms with Crippen LogP contribution < -0.4 is 22.5 Å². The Morgan fingerprint density at radius 2 is 1.88 bits per heavy atom. The third-order valence-corrected chi connectivity index (χ3v) is 3.93. The zero-order valence-corrected chi connectivity index (χ0v) is 14.5. The lowest BCUT2D eigenvalue weighted by molar-refractivity contribution is -0.159. The maximum absolute atomic E-state index is 12.4. The van der Waals surface area contributed by atoms with Crippen LogP contribution in [0.3, 0.4) is 0 Å². The molecular weight excluding hydrogens is 360 g/mol. The molecule has 0 bridgehead atoms. The number of Topliss-reactive ketones (excluding diaryl/α,β-unsaturated/α-hetero) is 1. The van der Waals surface area contributed by atoms with Crippen molar-refractivity contribution in [1.82, 2.24) is 5.32 Å². The average Bonchev–Trinajstić information content (AvgIpc) is 2.65. The molecule has 0 saturated heterocycles. The standard InChI is InChI=1S/C16H18N4O5S/c1-2-12(18)25-15(24)16(19,20-13(22)8-17)11(21)9-26-14(23)10-6-4-3-5-7-10/h1,3-7,12H,8-9,17-19H2,(H,20,22). The highest BCUT2D eigenvalue weighted by atomic mass is 32.2. The predicted octanol–water partition coefficient (Wildman–Crippen LogP) is -1.68. The highest BCUT2D eigenvalue weighted by Crippen LogP contribution is 2.15. The first kappa shape index (κ1) is 21.3. The van der Waals surface area contributed by atoms with Gasteiger partial charge in [-0.05, 0) is 5.92 Å². The van der Waals surface area contributed by atoms with Crippen molar-refractivity contribution >= 4 is 34.5 Å². The number of nitrogens with one attached hydrogen (secondary N) is 1. The highest BCUT2D eigenvalue weighted by Gasteiger charge is 2.45. The van der Waals surface area contributed by atoms with Gasteiger partial charge in [0.2, 0.25) is 22.9 Å². The first-order chi connectivity index (χ1) is 12.2. The van der Waals surface area contributed by atoms with Gasteiger partial charge in [-0.3, -0.25) is 25.9 Å². The molecule has 2 unspecified atom stereocenters. The maximum atomic E-state index is 12.4. The molecule has 0 saturated carbocycles. The van der Waals surface area contributed by atoms with Crippen LogP contribution in [0.5, 0.6) is 0 Å². The Kier molecular flexibility index (Phi) is 7.95. The lowest BCUT2D eigenvalue weighted by Gasteiger charge is -2.27. The summed E-state index contributed by atoms with van der Waals surface area (Å²) < 4.78 is 4.63. The molecule has 1 aromatic rings. The van der Waals surface area contributed by atoms with Crippen LogP contribution in [0.25, 0.3) is 0 Å². The summed E-state index contributed by atoms with van der Waals surface area (Å²) >= 11 is 0.611. The molecule has 1 aromatic carbocycles. The molecule has 7 N–H and O–H groups in total. The number of ether oxygens (including phenoxy) is 1. The second-order valence-corrected chi connectivity index (χ2v) is 5.87. The number of terminal acetylenes is 1. The molecule has 0 aliphatic rings. The number of esters is 1. The van der Waals surface area contributed by atoms with Crippen LogP contribution in [0, 0.1) is 12.3 Å². The van der Waals surface area contributed by atoms with E-state index in [0.29, 0.717) is 17.3 Å². The van der Waals surface area contributed by atoms with Crippen molar-refractivity contribution in [2.45, 2.75) is 11.9 Å². The molecule has 2 atom stereocenters. The number of amides is 1. The quantitative estimate of drug-likeness (QED) is 0.179. The van der Waals surface area contributed by atoms with Crippen molar-refractivity contribution in [3.05, 3.63) is 35.9 Å². The molecule has 0 spiro atoms. The fourth-order valence-electron chi connectivity index (χ4n) is 1.65. The van der Waals surface area contributed by atoms with E-state index in [1.54, 1.807) is 30.3 Å². The smallest absolute Gasteiger partial charge is 0.357 e. The molecule has 0 fully saturated rings. The summed E-state index contributed by atoms with van der Waals surface area (Å²) in [4.78, 5) is 48.1. The van der Waals surface area contributed by atoms with E-state index in [0.717, 1.165) is 0 Å². The van der Waals surface area contributed by atoms with E-state index in [4.69, 9.17) is 23.6 Å². The van der Waals surface area contributed by atoms with Gasteiger partial charge in [0.25, 0.3) is 0 Å². The largest absolute Gasteiger partial charge is 0.432 e. The van der Waals surface area contributed by atoms with E-state index in [1.165, 1.54) is 0 Å². The molecular formula is C16H18N4O5S. The minimum Gasteiger partial charge on any atom is -0.432 e. The minimum atomic E-state index is -2.57. The van der Waals surface area contributed by atoms with Crippen LogP contribution >= 0.6 is 11.8 Å². The maximum Gasteiger partial charge on any atom is 0.357 e. The first-order valence-corrected chi connectivity index (χ1v) is 8.21. The number of thioether (sulfide) groups is 1. The van der Waals surface area contributed by atoms with E-state index in [2.05, 4.69) is 4.74 Å². The number of benzene rings is 1. The lowest BCUT2D eigenvalue weighted by Crippen LogP contribution is -2.69. The van der Waals surface area contributed by atoms with Crippen molar-refractivity contribution in [1.29, 1.82) is 0 Å². The molecule has 0 aliphatic carbocycles. The van der Waals surface area contributed by atoms with Crippen molar-refractivity contribution in [3.63, 3.8) is 0 Å². The summed E-state index contributed by atoms with van der Waals surface area (Å²) in [6.45, 7) is -0.531. The van der Waals surface area contributed by atoms with Gasteiger partial charge in [-0.15, -0.1) is 6.42 Å². The van der Waals surface area contributed by atoms with E-state index in [9.17, 15) is 19.2 Å². The van der Waals surface area contributed by atoms with E-state index >= 15 is 0 Å². The van der Waals surface area contributed by atoms with Gasteiger partial charge in [-0.2, -0.15) is 0 Å². The highest BCUT2D eigenvalue weighted by molar-refractivity contribution is 8.14. The number of ketones is 1. The Hall–Kier alpha value is -2.71. The van der Waals surface area contributed by atoms with Gasteiger partial charge in [-0.1, -0.05) is 42.1 Å². The molecule has 1 rings (SSSR count). The zero-order chi connectivity index (χ0) is 19.7.